The monoisotopic (exact) mass is 578 g/mol. The summed E-state index contributed by atoms with van der Waals surface area (Å²) in [6.07, 6.45) is 20.7. The molecule has 1 fully saturated rings. The number of carbonyl (C=O) groups excluding carboxylic acids is 3. The maximum Gasteiger partial charge on any atom is 0.418 e. The van der Waals surface area contributed by atoms with Crippen molar-refractivity contribution >= 4 is 18.6 Å². The zero-order chi connectivity index (χ0) is 29.9. The number of imide groups is 1. The van der Waals surface area contributed by atoms with Gasteiger partial charge in [0, 0.05) is 18.7 Å². The van der Waals surface area contributed by atoms with Gasteiger partial charge in [0.1, 0.15) is 0 Å². The summed E-state index contributed by atoms with van der Waals surface area (Å²) in [7, 11) is 0. The van der Waals surface area contributed by atoms with Crippen molar-refractivity contribution in [2.45, 2.75) is 142 Å². The van der Waals surface area contributed by atoms with Crippen molar-refractivity contribution in [3.8, 4) is 0 Å². The summed E-state index contributed by atoms with van der Waals surface area (Å²) in [6.45, 7) is 6.59. The molecular formula is C33H58N2O6. The molecule has 0 spiro atoms. The van der Waals surface area contributed by atoms with Gasteiger partial charge in [-0.3, -0.25) is 4.79 Å². The number of amides is 3. The number of allylic oxidation sites excluding steroid dienone is 1. The van der Waals surface area contributed by atoms with E-state index in [1.54, 1.807) is 6.92 Å². The maximum absolute atomic E-state index is 13.2. The number of ether oxygens (including phenoxy) is 2. The van der Waals surface area contributed by atoms with Crippen LogP contribution >= 0.6 is 0 Å². The van der Waals surface area contributed by atoms with Crippen LogP contribution < -0.4 is 5.32 Å². The van der Waals surface area contributed by atoms with E-state index in [1.807, 2.05) is 6.92 Å². The smallest absolute Gasteiger partial charge is 0.418 e. The van der Waals surface area contributed by atoms with E-state index in [1.165, 1.54) is 81.9 Å². The Labute approximate surface area is 249 Å². The number of nitrogens with one attached hydrogen (secondary N) is 1. The lowest BCUT2D eigenvalue weighted by Gasteiger charge is -2.48. The summed E-state index contributed by atoms with van der Waals surface area (Å²) in [5, 5.41) is 13.2. The van der Waals surface area contributed by atoms with Crippen LogP contribution in [-0.4, -0.2) is 54.5 Å². The highest BCUT2D eigenvalue weighted by molar-refractivity contribution is 5.93. The molecule has 0 aromatic carbocycles. The summed E-state index contributed by atoms with van der Waals surface area (Å²) in [6, 6.07) is -1.02. The van der Waals surface area contributed by atoms with Crippen molar-refractivity contribution in [2.75, 3.05) is 19.8 Å². The van der Waals surface area contributed by atoms with Crippen LogP contribution in [0.1, 0.15) is 136 Å². The Morgan fingerprint density at radius 2 is 1.54 bits per heavy atom. The van der Waals surface area contributed by atoms with Crippen molar-refractivity contribution in [2.24, 2.45) is 17.8 Å². The van der Waals surface area contributed by atoms with Crippen LogP contribution in [0.3, 0.4) is 0 Å². The Hall–Kier alpha value is -2.09. The van der Waals surface area contributed by atoms with Gasteiger partial charge in [0.15, 0.2) is 0 Å². The second-order valence-electron chi connectivity index (χ2n) is 12.1. The molecule has 0 aromatic heterocycles. The molecule has 0 saturated heterocycles. The second-order valence-corrected chi connectivity index (χ2v) is 12.1. The van der Waals surface area contributed by atoms with E-state index in [0.717, 1.165) is 37.7 Å². The molecular weight excluding hydrogens is 520 g/mol. The Balaban J connectivity index is 2.00. The lowest BCUT2D eigenvalue weighted by Crippen LogP contribution is -2.59. The summed E-state index contributed by atoms with van der Waals surface area (Å²) < 4.78 is 10.3. The summed E-state index contributed by atoms with van der Waals surface area (Å²) in [5.41, 5.74) is 1.57. The van der Waals surface area contributed by atoms with Gasteiger partial charge >= 0.3 is 12.1 Å². The highest BCUT2D eigenvalue weighted by Gasteiger charge is 2.48. The molecule has 8 heteroatoms. The Bertz CT molecular complexity index is 801. The molecule has 1 heterocycles. The minimum absolute atomic E-state index is 0.0154. The third-order valence-corrected chi connectivity index (χ3v) is 9.17. The van der Waals surface area contributed by atoms with E-state index in [-0.39, 0.29) is 37.6 Å². The Kier molecular flexibility index (Phi) is 17.8. The predicted octanol–water partition coefficient (Wildman–Crippen LogP) is 7.88. The highest BCUT2D eigenvalue weighted by Crippen LogP contribution is 2.45. The molecule has 1 aliphatic carbocycles. The lowest BCUT2D eigenvalue weighted by molar-refractivity contribution is -0.128. The van der Waals surface area contributed by atoms with Gasteiger partial charge in [-0.1, -0.05) is 110 Å². The fraction of sp³-hybridized carbons (Fsp3) is 0.848. The normalized spacial score (nSPS) is 22.9. The summed E-state index contributed by atoms with van der Waals surface area (Å²) in [4.78, 5) is 38.3. The zero-order valence-electron chi connectivity index (χ0n) is 26.2. The zero-order valence-corrected chi connectivity index (χ0v) is 26.2. The van der Waals surface area contributed by atoms with Crippen molar-refractivity contribution in [3.63, 3.8) is 0 Å². The Morgan fingerprint density at radius 3 is 2.10 bits per heavy atom. The molecule has 8 nitrogen and oxygen atoms in total. The number of nitrogens with zero attached hydrogens (tertiary/aromatic N) is 1. The average Bonchev–Trinajstić information content (AvgIpc) is 2.96. The average molecular weight is 579 g/mol. The number of rotatable bonds is 21. The lowest BCUT2D eigenvalue weighted by atomic mass is 9.65. The summed E-state index contributed by atoms with van der Waals surface area (Å²) in [5.74, 6) is 0.206. The first-order chi connectivity index (χ1) is 20.0. The minimum Gasteiger partial charge on any atom is -0.468 e. The van der Waals surface area contributed by atoms with E-state index in [9.17, 15) is 19.5 Å². The first-order valence-electron chi connectivity index (χ1n) is 16.6. The molecule has 2 aliphatic rings. The number of hydrogen-bond acceptors (Lipinski definition) is 6. The third-order valence-electron chi connectivity index (χ3n) is 9.17. The van der Waals surface area contributed by atoms with Crippen LogP contribution in [0.25, 0.3) is 0 Å². The van der Waals surface area contributed by atoms with Crippen LogP contribution in [0.4, 0.5) is 9.59 Å². The van der Waals surface area contributed by atoms with Gasteiger partial charge in [-0.25, -0.2) is 14.5 Å². The largest absolute Gasteiger partial charge is 0.468 e. The number of urea groups is 1. The molecule has 4 atom stereocenters. The standard InChI is InChI=1S/C33H58N2O6/c1-4-6-7-8-9-10-11-12-13-14-15-16-17-19-27-20-18-21-28(24-36)30(27)31-29(22-23-40-25-37)26(3)34-32(38)35(31)33(39)41-5-2/h25,27-28,30-31,36H,4-24H2,1-3H3,(H,34,38). The molecule has 0 aromatic rings. The van der Waals surface area contributed by atoms with Gasteiger partial charge in [-0.15, -0.1) is 0 Å². The molecule has 2 rings (SSSR count). The van der Waals surface area contributed by atoms with Crippen LogP contribution in [0.2, 0.25) is 0 Å². The number of aliphatic hydroxyl groups is 1. The van der Waals surface area contributed by atoms with Gasteiger partial charge in [-0.05, 0) is 43.6 Å². The Morgan fingerprint density at radius 1 is 0.951 bits per heavy atom. The van der Waals surface area contributed by atoms with Gasteiger partial charge in [-0.2, -0.15) is 0 Å². The van der Waals surface area contributed by atoms with Gasteiger partial charge < -0.3 is 19.9 Å². The topological polar surface area (TPSA) is 105 Å². The molecule has 0 radical (unpaired) electrons. The second kappa shape index (κ2) is 20.7. The maximum atomic E-state index is 13.2. The molecule has 4 unspecified atom stereocenters. The van der Waals surface area contributed by atoms with Crippen molar-refractivity contribution in [1.29, 1.82) is 0 Å². The van der Waals surface area contributed by atoms with E-state index in [2.05, 4.69) is 12.2 Å². The van der Waals surface area contributed by atoms with Gasteiger partial charge in [0.25, 0.3) is 6.47 Å². The van der Waals surface area contributed by atoms with E-state index in [4.69, 9.17) is 9.47 Å². The first-order valence-corrected chi connectivity index (χ1v) is 16.6. The molecule has 1 aliphatic heterocycles. The van der Waals surface area contributed by atoms with Gasteiger partial charge in [0.2, 0.25) is 0 Å². The predicted molar refractivity (Wildman–Crippen MR) is 162 cm³/mol. The number of carbonyl (C=O) groups is 3. The highest BCUT2D eigenvalue weighted by atomic mass is 16.6. The molecule has 2 N–H and O–H groups in total. The molecule has 3 amide bonds. The fourth-order valence-electron chi connectivity index (χ4n) is 7.05. The fourth-order valence-corrected chi connectivity index (χ4v) is 7.05. The number of hydrogen-bond donors (Lipinski definition) is 2. The van der Waals surface area contributed by atoms with Gasteiger partial charge in [0.05, 0.1) is 19.3 Å². The number of unbranched alkanes of at least 4 members (excludes halogenated alkanes) is 12. The van der Waals surface area contributed by atoms with Crippen LogP contribution in [0, 0.1) is 17.8 Å². The van der Waals surface area contributed by atoms with Crippen molar-refractivity contribution in [1.82, 2.24) is 10.2 Å². The minimum atomic E-state index is -0.668. The molecule has 41 heavy (non-hydrogen) atoms. The molecule has 1 saturated carbocycles. The molecule has 236 valence electrons. The molecule has 0 bridgehead atoms. The van der Waals surface area contributed by atoms with E-state index < -0.39 is 18.2 Å². The summed E-state index contributed by atoms with van der Waals surface area (Å²) >= 11 is 0. The third kappa shape index (κ3) is 11.6. The SMILES string of the molecule is CCCCCCCCCCCCCCCC1CCCC(CO)C1C1C(CCOC=O)=C(C)NC(=O)N1C(=O)OCC. The first kappa shape index (κ1) is 35.1. The van der Waals surface area contributed by atoms with Crippen LogP contribution in [-0.2, 0) is 14.3 Å². The van der Waals surface area contributed by atoms with Crippen molar-refractivity contribution in [3.05, 3.63) is 11.3 Å². The number of aliphatic hydroxyl groups excluding tert-OH is 1. The van der Waals surface area contributed by atoms with Crippen LogP contribution in [0.15, 0.2) is 11.3 Å². The van der Waals surface area contributed by atoms with Crippen LogP contribution in [0.5, 0.6) is 0 Å². The van der Waals surface area contributed by atoms with Crippen molar-refractivity contribution < 1.29 is 29.0 Å². The quantitative estimate of drug-likeness (QED) is 0.106. The van der Waals surface area contributed by atoms with E-state index >= 15 is 0 Å². The van der Waals surface area contributed by atoms with E-state index in [0.29, 0.717) is 18.6 Å².